The molecular weight excluding hydrogens is 319 g/mol. The molecule has 0 radical (unpaired) electrons. The molecule has 2 aromatic rings. The molecule has 7 heteroatoms. The van der Waals surface area contributed by atoms with E-state index in [4.69, 9.17) is 12.2 Å². The highest BCUT2D eigenvalue weighted by Crippen LogP contribution is 2.09. The van der Waals surface area contributed by atoms with Crippen molar-refractivity contribution in [2.45, 2.75) is 0 Å². The number of nitrogens with one attached hydrogen (secondary N) is 2. The van der Waals surface area contributed by atoms with Crippen molar-refractivity contribution < 1.29 is 18.7 Å². The number of ether oxygens (including phenoxy) is 1. The van der Waals surface area contributed by atoms with Gasteiger partial charge in [0, 0.05) is 11.3 Å². The van der Waals surface area contributed by atoms with Crippen molar-refractivity contribution in [3.05, 3.63) is 65.5 Å². The first kappa shape index (κ1) is 16.6. The molecule has 2 aromatic carbocycles. The Kier molecular flexibility index (Phi) is 5.37. The lowest BCUT2D eigenvalue weighted by atomic mass is 10.1. The van der Waals surface area contributed by atoms with Gasteiger partial charge in [0.15, 0.2) is 5.11 Å². The van der Waals surface area contributed by atoms with Crippen LogP contribution in [0.5, 0.6) is 0 Å². The predicted octanol–water partition coefficient (Wildman–Crippen LogP) is 2.74. The average molecular weight is 332 g/mol. The molecule has 0 atom stereocenters. The van der Waals surface area contributed by atoms with Crippen molar-refractivity contribution >= 4 is 34.9 Å². The van der Waals surface area contributed by atoms with Crippen LogP contribution >= 0.6 is 12.2 Å². The van der Waals surface area contributed by atoms with Gasteiger partial charge in [0.1, 0.15) is 5.82 Å². The fourth-order valence-electron chi connectivity index (χ4n) is 1.78. The standard InChI is InChI=1S/C16H13FN2O3S/c1-22-15(21)11-7-5-10(6-8-11)14(20)19-16(23)18-13-4-2-3-12(17)9-13/h2-9H,1H3,(H2,18,19,20,23). The van der Waals surface area contributed by atoms with Gasteiger partial charge >= 0.3 is 5.97 Å². The van der Waals surface area contributed by atoms with Crippen LogP contribution in [0.2, 0.25) is 0 Å². The number of thiocarbonyl (C=S) groups is 1. The minimum absolute atomic E-state index is 0.0395. The number of carbonyl (C=O) groups is 2. The van der Waals surface area contributed by atoms with Crippen LogP contribution in [-0.4, -0.2) is 24.1 Å². The number of hydrogen-bond donors (Lipinski definition) is 2. The zero-order chi connectivity index (χ0) is 16.8. The Morgan fingerprint density at radius 2 is 1.74 bits per heavy atom. The van der Waals surface area contributed by atoms with Crippen LogP contribution in [0.15, 0.2) is 48.5 Å². The number of esters is 1. The number of halogens is 1. The molecule has 0 bridgehead atoms. The summed E-state index contributed by atoms with van der Waals surface area (Å²) < 4.78 is 17.6. The molecule has 0 spiro atoms. The molecule has 0 aliphatic carbocycles. The van der Waals surface area contributed by atoms with Crippen molar-refractivity contribution in [1.82, 2.24) is 5.32 Å². The van der Waals surface area contributed by atoms with Gasteiger partial charge in [-0.2, -0.15) is 0 Å². The minimum atomic E-state index is -0.486. The first-order chi connectivity index (χ1) is 11.0. The summed E-state index contributed by atoms with van der Waals surface area (Å²) in [6, 6.07) is 11.6. The average Bonchev–Trinajstić information content (AvgIpc) is 2.54. The van der Waals surface area contributed by atoms with Gasteiger partial charge in [-0.05, 0) is 54.7 Å². The number of carbonyl (C=O) groups excluding carboxylic acids is 2. The zero-order valence-electron chi connectivity index (χ0n) is 12.1. The second kappa shape index (κ2) is 7.46. The van der Waals surface area contributed by atoms with Crippen LogP contribution in [-0.2, 0) is 4.74 Å². The molecule has 0 aromatic heterocycles. The molecule has 0 aliphatic rings. The quantitative estimate of drug-likeness (QED) is 0.668. The highest BCUT2D eigenvalue weighted by atomic mass is 32.1. The Hall–Kier alpha value is -2.80. The molecule has 5 nitrogen and oxygen atoms in total. The number of rotatable bonds is 3. The van der Waals surface area contributed by atoms with Gasteiger partial charge in [-0.15, -0.1) is 0 Å². The first-order valence-electron chi connectivity index (χ1n) is 6.56. The van der Waals surface area contributed by atoms with Gasteiger partial charge in [0.2, 0.25) is 0 Å². The smallest absolute Gasteiger partial charge is 0.337 e. The SMILES string of the molecule is COC(=O)c1ccc(C(=O)NC(=S)Nc2cccc(F)c2)cc1. The van der Waals surface area contributed by atoms with E-state index in [1.54, 1.807) is 6.07 Å². The summed E-state index contributed by atoms with van der Waals surface area (Å²) in [4.78, 5) is 23.4. The van der Waals surface area contributed by atoms with E-state index in [2.05, 4.69) is 15.4 Å². The van der Waals surface area contributed by atoms with Crippen LogP contribution in [0.3, 0.4) is 0 Å². The summed E-state index contributed by atoms with van der Waals surface area (Å²) in [5, 5.41) is 5.22. The van der Waals surface area contributed by atoms with Crippen molar-refractivity contribution in [3.63, 3.8) is 0 Å². The van der Waals surface area contributed by atoms with E-state index in [9.17, 15) is 14.0 Å². The monoisotopic (exact) mass is 332 g/mol. The van der Waals surface area contributed by atoms with Crippen LogP contribution in [0.1, 0.15) is 20.7 Å². The Morgan fingerprint density at radius 3 is 2.35 bits per heavy atom. The number of amides is 1. The maximum Gasteiger partial charge on any atom is 0.337 e. The van der Waals surface area contributed by atoms with E-state index >= 15 is 0 Å². The summed E-state index contributed by atoms with van der Waals surface area (Å²) in [5.41, 5.74) is 1.09. The van der Waals surface area contributed by atoms with E-state index in [1.807, 2.05) is 0 Å². The molecule has 0 heterocycles. The van der Waals surface area contributed by atoms with Crippen molar-refractivity contribution in [1.29, 1.82) is 0 Å². The topological polar surface area (TPSA) is 67.4 Å². The molecule has 118 valence electrons. The normalized spacial score (nSPS) is 9.83. The Bertz CT molecular complexity index is 747. The number of hydrogen-bond acceptors (Lipinski definition) is 4. The molecule has 0 saturated carbocycles. The summed E-state index contributed by atoms with van der Waals surface area (Å²) in [6.07, 6.45) is 0. The lowest BCUT2D eigenvalue weighted by Gasteiger charge is -2.09. The fraction of sp³-hybridized carbons (Fsp3) is 0.0625. The van der Waals surface area contributed by atoms with Crippen LogP contribution < -0.4 is 10.6 Å². The summed E-state index contributed by atoms with van der Waals surface area (Å²) >= 11 is 5.00. The van der Waals surface area contributed by atoms with Gasteiger partial charge in [-0.25, -0.2) is 9.18 Å². The highest BCUT2D eigenvalue weighted by Gasteiger charge is 2.10. The maximum atomic E-state index is 13.1. The minimum Gasteiger partial charge on any atom is -0.465 e. The third-order valence-electron chi connectivity index (χ3n) is 2.88. The molecule has 2 rings (SSSR count). The largest absolute Gasteiger partial charge is 0.465 e. The molecule has 0 aliphatic heterocycles. The Labute approximate surface area is 137 Å². The van der Waals surface area contributed by atoms with Gasteiger partial charge in [-0.1, -0.05) is 6.07 Å². The number of methoxy groups -OCH3 is 1. The van der Waals surface area contributed by atoms with E-state index in [0.717, 1.165) is 0 Å². The van der Waals surface area contributed by atoms with Crippen molar-refractivity contribution in [2.24, 2.45) is 0 Å². The Morgan fingerprint density at radius 1 is 1.09 bits per heavy atom. The fourth-order valence-corrected chi connectivity index (χ4v) is 1.99. The molecule has 0 fully saturated rings. The summed E-state index contributed by atoms with van der Waals surface area (Å²) in [5.74, 6) is -1.35. The van der Waals surface area contributed by atoms with Crippen molar-refractivity contribution in [3.8, 4) is 0 Å². The van der Waals surface area contributed by atoms with E-state index in [-0.39, 0.29) is 5.11 Å². The third kappa shape index (κ3) is 4.58. The lowest BCUT2D eigenvalue weighted by molar-refractivity contribution is 0.0600. The summed E-state index contributed by atoms with van der Waals surface area (Å²) in [6.45, 7) is 0. The molecule has 23 heavy (non-hydrogen) atoms. The van der Waals surface area contributed by atoms with E-state index in [0.29, 0.717) is 16.8 Å². The van der Waals surface area contributed by atoms with E-state index < -0.39 is 17.7 Å². The molecular formula is C16H13FN2O3S. The van der Waals surface area contributed by atoms with E-state index in [1.165, 1.54) is 49.6 Å². The zero-order valence-corrected chi connectivity index (χ0v) is 12.9. The first-order valence-corrected chi connectivity index (χ1v) is 6.96. The third-order valence-corrected chi connectivity index (χ3v) is 3.08. The predicted molar refractivity (Wildman–Crippen MR) is 87.9 cm³/mol. The molecule has 1 amide bonds. The van der Waals surface area contributed by atoms with Crippen molar-refractivity contribution in [2.75, 3.05) is 12.4 Å². The molecule has 0 unspecified atom stereocenters. The van der Waals surface area contributed by atoms with Crippen LogP contribution in [0.25, 0.3) is 0 Å². The summed E-state index contributed by atoms with van der Waals surface area (Å²) in [7, 11) is 1.28. The molecule has 2 N–H and O–H groups in total. The van der Waals surface area contributed by atoms with Gasteiger partial charge in [0.25, 0.3) is 5.91 Å². The van der Waals surface area contributed by atoms with Gasteiger partial charge < -0.3 is 10.1 Å². The Balaban J connectivity index is 1.98. The second-order valence-corrected chi connectivity index (χ2v) is 4.90. The second-order valence-electron chi connectivity index (χ2n) is 4.49. The lowest BCUT2D eigenvalue weighted by Crippen LogP contribution is -2.34. The van der Waals surface area contributed by atoms with Gasteiger partial charge in [0.05, 0.1) is 12.7 Å². The van der Waals surface area contributed by atoms with Gasteiger partial charge in [-0.3, -0.25) is 10.1 Å². The van der Waals surface area contributed by atoms with Crippen LogP contribution in [0, 0.1) is 5.82 Å². The molecule has 0 saturated heterocycles. The maximum absolute atomic E-state index is 13.1. The number of anilines is 1. The van der Waals surface area contributed by atoms with Crippen LogP contribution in [0.4, 0.5) is 10.1 Å². The number of benzene rings is 2. The highest BCUT2D eigenvalue weighted by molar-refractivity contribution is 7.80.